The maximum Gasteiger partial charge on any atom is 0.416 e. The smallest absolute Gasteiger partial charge is 0.416 e. The minimum absolute atomic E-state index is 0.00442. The Hall–Kier alpha value is -8.60. The van der Waals surface area contributed by atoms with Crippen LogP contribution in [0.4, 0.5) is 21.9 Å². The summed E-state index contributed by atoms with van der Waals surface area (Å²) in [5.74, 6) is -2.58. The third-order valence-corrected chi connectivity index (χ3v) is 16.6. The molecule has 5 aliphatic rings. The number of aliphatic hydroxyl groups excluding tert-OH is 1. The molecule has 0 bridgehead atoms. The summed E-state index contributed by atoms with van der Waals surface area (Å²) in [5.41, 5.74) is 1.95. The van der Waals surface area contributed by atoms with Gasteiger partial charge in [-0.3, -0.25) is 48.2 Å². The zero-order chi connectivity index (χ0) is 70.3. The number of nitrogens with one attached hydrogen (secondary N) is 4. The van der Waals surface area contributed by atoms with Crippen molar-refractivity contribution in [3.63, 3.8) is 0 Å². The molecule has 0 saturated carbocycles. The number of hydrogen-bond acceptors (Lipinski definition) is 24. The Kier molecular flexibility index (Phi) is 28.7. The first kappa shape index (κ1) is 75.2. The van der Waals surface area contributed by atoms with E-state index in [1.54, 1.807) is 56.5 Å². The van der Waals surface area contributed by atoms with Gasteiger partial charge < -0.3 is 97.8 Å². The summed E-state index contributed by atoms with van der Waals surface area (Å²) in [4.78, 5) is 128. The molecule has 6 atom stereocenters. The molecule has 0 radical (unpaired) electrons. The Bertz CT molecular complexity index is 3280. The zero-order valence-electron chi connectivity index (χ0n) is 56.2. The van der Waals surface area contributed by atoms with Gasteiger partial charge in [0.15, 0.2) is 63.2 Å². The van der Waals surface area contributed by atoms with Crippen LogP contribution in [0.2, 0.25) is 0 Å². The standard InChI is InChI=1S/C66H89N9O23/c1-40(2)46-27-58(78)74(62(46)81)21-17-56(76)67-18-24-88-33-90-35-92-37-94-39-95-38-93-36-91-34-89-32-57(77)71-59(41(3)4)61(80)69-42(5)60(79)70-44-15-13-43(14-16-44)31-98-66(85)75-51-29-55(53(87-7)26-48(51)64(83)73-20-9-12-50(73)65(75)84)97-23-10-22-96-54-28-49-47(25-52(54)86-6)63(82)72-19-8-11-45(72)30-68-49/h13-16,25-26,28-30,40-42,45-46,50,59,65,84H,8-12,17-24,27,31-39H2,1-7H3,(H,67,76)(H,69,80)(H,70,79)(H,71,77)/t42-,45-,46?,50-,59-,65-/m0/s1. The number of amides is 9. The molecule has 32 nitrogen and oxygen atoms in total. The van der Waals surface area contributed by atoms with Gasteiger partial charge in [-0.05, 0) is 74.3 Å². The first-order valence-electron chi connectivity index (χ1n) is 32.5. The van der Waals surface area contributed by atoms with Crippen LogP contribution in [0.3, 0.4) is 0 Å². The predicted molar refractivity (Wildman–Crippen MR) is 346 cm³/mol. The lowest BCUT2D eigenvalue weighted by molar-refractivity contribution is -0.221. The molecule has 0 spiro atoms. The highest BCUT2D eigenvalue weighted by Crippen LogP contribution is 2.42. The van der Waals surface area contributed by atoms with Crippen LogP contribution in [-0.2, 0) is 78.0 Å². The van der Waals surface area contributed by atoms with E-state index in [9.17, 15) is 48.3 Å². The molecule has 536 valence electrons. The van der Waals surface area contributed by atoms with Crippen LogP contribution in [-0.4, -0.2) is 224 Å². The fourth-order valence-corrected chi connectivity index (χ4v) is 11.4. The highest BCUT2D eigenvalue weighted by molar-refractivity contribution is 6.07. The molecule has 32 heteroatoms. The number of benzene rings is 3. The van der Waals surface area contributed by atoms with Crippen LogP contribution in [0.1, 0.15) is 106 Å². The summed E-state index contributed by atoms with van der Waals surface area (Å²) in [6.07, 6.45) is 2.72. The number of ether oxygens (including phenoxy) is 13. The van der Waals surface area contributed by atoms with Gasteiger partial charge in [-0.25, -0.2) is 9.69 Å². The SMILES string of the molecule is COc1cc2c(cc1OCCCOc1cc3c(cc1OC)C(=O)N1CCC[C@H]1[C@H](O)N3C(=O)OCc1ccc(NC(=O)[C@H](C)NC(=O)[C@@H](NC(=O)COCOCOCOCOCOCOCOCCNC(=O)CCN3C(=O)CC(C(C)C)C3=O)C(C)C)cc1)N=C[C@@H]1CCCN1C2=O. The maximum absolute atomic E-state index is 14.2. The molecule has 5 aliphatic heterocycles. The normalized spacial score (nSPS) is 18.6. The number of imide groups is 1. The second-order valence-corrected chi connectivity index (χ2v) is 24.2. The second kappa shape index (κ2) is 37.4. The van der Waals surface area contributed by atoms with Crippen LogP contribution in [0.5, 0.6) is 23.0 Å². The van der Waals surface area contributed by atoms with Crippen molar-refractivity contribution in [2.45, 2.75) is 117 Å². The van der Waals surface area contributed by atoms with Gasteiger partial charge in [0, 0.05) is 75.4 Å². The van der Waals surface area contributed by atoms with Crippen molar-refractivity contribution in [1.29, 1.82) is 0 Å². The second-order valence-electron chi connectivity index (χ2n) is 24.2. The number of carbonyl (C=O) groups excluding carboxylic acids is 9. The molecule has 9 amide bonds. The zero-order valence-corrected chi connectivity index (χ0v) is 56.2. The lowest BCUT2D eigenvalue weighted by Gasteiger charge is -2.31. The Morgan fingerprint density at radius 2 is 1.27 bits per heavy atom. The van der Waals surface area contributed by atoms with E-state index in [0.29, 0.717) is 66.4 Å². The summed E-state index contributed by atoms with van der Waals surface area (Å²) in [6, 6.07) is 9.82. The van der Waals surface area contributed by atoms with E-state index in [1.807, 2.05) is 18.7 Å². The quantitative estimate of drug-likeness (QED) is 0.0307. The van der Waals surface area contributed by atoms with Crippen LogP contribution in [0, 0.1) is 17.8 Å². The van der Waals surface area contributed by atoms with Gasteiger partial charge >= 0.3 is 6.09 Å². The summed E-state index contributed by atoms with van der Waals surface area (Å²) in [5, 5.41) is 22.5. The van der Waals surface area contributed by atoms with Gasteiger partial charge in [0.25, 0.3) is 11.8 Å². The Morgan fingerprint density at radius 3 is 1.90 bits per heavy atom. The first-order chi connectivity index (χ1) is 47.3. The number of likely N-dealkylation sites (tertiary alicyclic amines) is 1. The van der Waals surface area contributed by atoms with E-state index in [0.717, 1.165) is 22.6 Å². The Labute approximate surface area is 567 Å². The minimum atomic E-state index is -1.49. The molecule has 8 rings (SSSR count). The number of methoxy groups -OCH3 is 2. The van der Waals surface area contributed by atoms with Crippen molar-refractivity contribution in [1.82, 2.24) is 30.7 Å². The minimum Gasteiger partial charge on any atom is -0.493 e. The summed E-state index contributed by atoms with van der Waals surface area (Å²) in [6.45, 7) is 8.35. The number of aliphatic hydroxyl groups is 1. The molecule has 0 aromatic heterocycles. The molecule has 3 fully saturated rings. The lowest BCUT2D eigenvalue weighted by atomic mass is 9.94. The predicted octanol–water partition coefficient (Wildman–Crippen LogP) is 3.91. The molecule has 5 N–H and O–H groups in total. The number of rotatable bonds is 39. The van der Waals surface area contributed by atoms with Crippen LogP contribution < -0.4 is 45.1 Å². The number of carbonyl (C=O) groups is 9. The fraction of sp³-hybridized carbons (Fsp3) is 0.576. The summed E-state index contributed by atoms with van der Waals surface area (Å²) >= 11 is 0. The number of nitrogens with zero attached hydrogens (tertiary/aromatic N) is 5. The fourth-order valence-electron chi connectivity index (χ4n) is 11.4. The van der Waals surface area contributed by atoms with Gasteiger partial charge in [-0.1, -0.05) is 39.8 Å². The van der Waals surface area contributed by atoms with Gasteiger partial charge in [-0.15, -0.1) is 0 Å². The van der Waals surface area contributed by atoms with Crippen LogP contribution in [0.15, 0.2) is 53.5 Å². The van der Waals surface area contributed by atoms with E-state index in [-0.39, 0.29) is 170 Å². The van der Waals surface area contributed by atoms with Crippen molar-refractivity contribution in [2.24, 2.45) is 22.7 Å². The van der Waals surface area contributed by atoms with Crippen molar-refractivity contribution < 1.29 is 110 Å². The average Bonchev–Trinajstić information content (AvgIpc) is 1.59. The largest absolute Gasteiger partial charge is 0.493 e. The van der Waals surface area contributed by atoms with Crippen LogP contribution >= 0.6 is 0 Å². The lowest BCUT2D eigenvalue weighted by Crippen LogP contribution is -2.54. The monoisotopic (exact) mass is 1380 g/mol. The van der Waals surface area contributed by atoms with Gasteiger partial charge in [0.05, 0.1) is 68.6 Å². The Morgan fingerprint density at radius 1 is 0.663 bits per heavy atom. The van der Waals surface area contributed by atoms with E-state index in [1.165, 1.54) is 38.2 Å². The Balaban J connectivity index is 0.684. The molecule has 3 saturated heterocycles. The molecule has 5 heterocycles. The molecule has 0 aliphatic carbocycles. The molecule has 3 aromatic carbocycles. The first-order valence-corrected chi connectivity index (χ1v) is 32.5. The maximum atomic E-state index is 14.2. The van der Waals surface area contributed by atoms with E-state index >= 15 is 0 Å². The molecule has 1 unspecified atom stereocenters. The van der Waals surface area contributed by atoms with Crippen molar-refractivity contribution >= 4 is 76.6 Å². The summed E-state index contributed by atoms with van der Waals surface area (Å²) < 4.78 is 70.8. The summed E-state index contributed by atoms with van der Waals surface area (Å²) in [7, 11) is 2.92. The van der Waals surface area contributed by atoms with E-state index in [2.05, 4.69) is 26.3 Å². The van der Waals surface area contributed by atoms with Crippen LogP contribution in [0.25, 0.3) is 0 Å². The topological polar surface area (TPSA) is 367 Å². The van der Waals surface area contributed by atoms with Crippen molar-refractivity contribution in [3.8, 4) is 23.0 Å². The molecular weight excluding hydrogens is 1290 g/mol. The third-order valence-electron chi connectivity index (χ3n) is 16.6. The van der Waals surface area contributed by atoms with E-state index in [4.69, 9.17) is 61.6 Å². The molecular formula is C66H89N9O23. The van der Waals surface area contributed by atoms with Gasteiger partial charge in [0.2, 0.25) is 35.4 Å². The average molecular weight is 1380 g/mol. The number of anilines is 2. The van der Waals surface area contributed by atoms with E-state index < -0.39 is 60.7 Å². The number of fused-ring (bicyclic) bond motifs is 4. The molecule has 3 aromatic rings. The highest BCUT2D eigenvalue weighted by Gasteiger charge is 2.46. The van der Waals surface area contributed by atoms with Gasteiger partial charge in [-0.2, -0.15) is 0 Å². The highest BCUT2D eigenvalue weighted by atomic mass is 16.8. The third kappa shape index (κ3) is 20.5. The van der Waals surface area contributed by atoms with Gasteiger partial charge in [0.1, 0.15) is 38.9 Å². The number of aliphatic imine (C=N–C) groups is 1. The number of hydrogen-bond donors (Lipinski definition) is 5. The molecule has 98 heavy (non-hydrogen) atoms. The van der Waals surface area contributed by atoms with Crippen molar-refractivity contribution in [3.05, 3.63) is 65.2 Å². The van der Waals surface area contributed by atoms with Crippen molar-refractivity contribution in [2.75, 3.05) is 125 Å².